The van der Waals surface area contributed by atoms with Crippen LogP contribution in [0.5, 0.6) is 0 Å². The molecule has 0 bridgehead atoms. The fraction of sp³-hybridized carbons (Fsp3) is 0.333. The Labute approximate surface area is 171 Å². The highest BCUT2D eigenvalue weighted by molar-refractivity contribution is 5.99. The molecule has 5 heteroatoms. The number of aromatic nitrogens is 1. The number of carbonyl (C=O) groups is 2. The number of nitrogens with zero attached hydrogens (tertiary/aromatic N) is 2. The van der Waals surface area contributed by atoms with Crippen LogP contribution in [0.15, 0.2) is 42.5 Å². The number of aryl methyl sites for hydroxylation is 3. The Morgan fingerprint density at radius 2 is 1.79 bits per heavy atom. The highest BCUT2D eigenvalue weighted by Gasteiger charge is 2.28. The molecule has 3 aromatic rings. The highest BCUT2D eigenvalue weighted by atomic mass is 16.2. The van der Waals surface area contributed by atoms with Crippen LogP contribution < -0.4 is 4.90 Å². The zero-order valence-electron chi connectivity index (χ0n) is 17.2. The second-order valence-electron chi connectivity index (χ2n) is 8.05. The van der Waals surface area contributed by atoms with Gasteiger partial charge in [0.1, 0.15) is 5.69 Å². The first-order chi connectivity index (χ1) is 14.0. The zero-order valence-corrected chi connectivity index (χ0v) is 17.2. The second-order valence-corrected chi connectivity index (χ2v) is 8.05. The molecule has 1 N–H and O–H groups in total. The van der Waals surface area contributed by atoms with Crippen molar-refractivity contribution in [3.05, 3.63) is 64.8 Å². The van der Waals surface area contributed by atoms with Gasteiger partial charge in [0.25, 0.3) is 5.91 Å². The van der Waals surface area contributed by atoms with Crippen molar-refractivity contribution in [2.24, 2.45) is 0 Å². The van der Waals surface area contributed by atoms with Gasteiger partial charge in [-0.25, -0.2) is 0 Å². The molecule has 2 amide bonds. The van der Waals surface area contributed by atoms with Crippen molar-refractivity contribution in [2.75, 3.05) is 18.0 Å². The molecule has 1 saturated heterocycles. The number of hydrogen-bond acceptors (Lipinski definition) is 2. The van der Waals surface area contributed by atoms with E-state index in [1.54, 1.807) is 0 Å². The standard InChI is InChI=1S/C24H27N3O2/c1-16-12-18(3)23-19(13-16)14-21(25-23)24(29)26-10-8-20(9-11-26)27(15-28)22-7-5-4-6-17(22)2/h4-7,12-15,20,25H,8-11H2,1-3H3. The number of H-pyrrole nitrogens is 1. The molecule has 0 aliphatic carbocycles. The van der Waals surface area contributed by atoms with Crippen molar-refractivity contribution in [1.29, 1.82) is 0 Å². The maximum absolute atomic E-state index is 13.0. The molecule has 1 aliphatic rings. The molecule has 0 radical (unpaired) electrons. The number of nitrogens with one attached hydrogen (secondary N) is 1. The van der Waals surface area contributed by atoms with Gasteiger partial charge in [0.05, 0.1) is 0 Å². The minimum absolute atomic E-state index is 0.0326. The molecule has 150 valence electrons. The van der Waals surface area contributed by atoms with Crippen LogP contribution in [0.25, 0.3) is 10.9 Å². The van der Waals surface area contributed by atoms with Crippen LogP contribution in [-0.4, -0.2) is 41.3 Å². The zero-order chi connectivity index (χ0) is 20.5. The van der Waals surface area contributed by atoms with Gasteiger partial charge in [0.2, 0.25) is 6.41 Å². The summed E-state index contributed by atoms with van der Waals surface area (Å²) in [7, 11) is 0. The Kier molecular flexibility index (Phi) is 5.14. The number of anilines is 1. The normalized spacial score (nSPS) is 14.9. The Balaban J connectivity index is 1.48. The van der Waals surface area contributed by atoms with Crippen LogP contribution in [0, 0.1) is 20.8 Å². The number of likely N-dealkylation sites (tertiary alicyclic amines) is 1. The van der Waals surface area contributed by atoms with E-state index < -0.39 is 0 Å². The number of piperidine rings is 1. The summed E-state index contributed by atoms with van der Waals surface area (Å²) in [6, 6.07) is 14.2. The van der Waals surface area contributed by atoms with Gasteiger partial charge in [-0.05, 0) is 62.9 Å². The molecule has 1 fully saturated rings. The molecule has 2 heterocycles. The minimum atomic E-state index is 0.0326. The van der Waals surface area contributed by atoms with Gasteiger partial charge in [-0.15, -0.1) is 0 Å². The van der Waals surface area contributed by atoms with Gasteiger partial charge in [0, 0.05) is 35.7 Å². The number of hydrogen-bond donors (Lipinski definition) is 1. The number of amides is 2. The van der Waals surface area contributed by atoms with Crippen molar-refractivity contribution < 1.29 is 9.59 Å². The molecule has 1 aliphatic heterocycles. The SMILES string of the molecule is Cc1cc(C)c2[nH]c(C(=O)N3CCC(N(C=O)c4ccccc4C)CC3)cc2c1. The summed E-state index contributed by atoms with van der Waals surface area (Å²) in [5, 5.41) is 1.08. The van der Waals surface area contributed by atoms with Gasteiger partial charge in [-0.1, -0.05) is 29.8 Å². The Morgan fingerprint density at radius 3 is 2.48 bits per heavy atom. The molecule has 0 atom stereocenters. The average Bonchev–Trinajstić information content (AvgIpc) is 3.14. The minimum Gasteiger partial charge on any atom is -0.350 e. The topological polar surface area (TPSA) is 56.4 Å². The van der Waals surface area contributed by atoms with E-state index >= 15 is 0 Å². The molecule has 0 spiro atoms. The van der Waals surface area contributed by atoms with E-state index in [-0.39, 0.29) is 11.9 Å². The van der Waals surface area contributed by atoms with E-state index in [0.717, 1.165) is 47.0 Å². The van der Waals surface area contributed by atoms with E-state index in [2.05, 4.69) is 31.0 Å². The predicted molar refractivity (Wildman–Crippen MR) is 116 cm³/mol. The van der Waals surface area contributed by atoms with Crippen molar-refractivity contribution >= 4 is 28.9 Å². The number of benzene rings is 2. The monoisotopic (exact) mass is 389 g/mol. The molecule has 4 rings (SSSR count). The third-order valence-electron chi connectivity index (χ3n) is 5.95. The van der Waals surface area contributed by atoms with Crippen molar-refractivity contribution in [3.63, 3.8) is 0 Å². The molecule has 29 heavy (non-hydrogen) atoms. The first-order valence-corrected chi connectivity index (χ1v) is 10.2. The Morgan fingerprint density at radius 1 is 1.07 bits per heavy atom. The summed E-state index contributed by atoms with van der Waals surface area (Å²) in [5.74, 6) is 0.0326. The fourth-order valence-electron chi connectivity index (χ4n) is 4.44. The molecule has 1 aromatic heterocycles. The van der Waals surface area contributed by atoms with E-state index in [1.165, 1.54) is 5.56 Å². The molecule has 0 unspecified atom stereocenters. The summed E-state index contributed by atoms with van der Waals surface area (Å²) in [6.07, 6.45) is 2.47. The van der Waals surface area contributed by atoms with Gasteiger partial charge in [0.15, 0.2) is 0 Å². The van der Waals surface area contributed by atoms with Crippen LogP contribution in [0.1, 0.15) is 40.0 Å². The third-order valence-corrected chi connectivity index (χ3v) is 5.95. The van der Waals surface area contributed by atoms with Crippen molar-refractivity contribution in [2.45, 2.75) is 39.7 Å². The van der Waals surface area contributed by atoms with Crippen LogP contribution in [0.3, 0.4) is 0 Å². The lowest BCUT2D eigenvalue weighted by Gasteiger charge is -2.37. The quantitative estimate of drug-likeness (QED) is 0.674. The summed E-state index contributed by atoms with van der Waals surface area (Å²) in [4.78, 5) is 31.9. The summed E-state index contributed by atoms with van der Waals surface area (Å²) < 4.78 is 0. The summed E-state index contributed by atoms with van der Waals surface area (Å²) in [6.45, 7) is 7.44. The lowest BCUT2D eigenvalue weighted by atomic mass is 10.0. The highest BCUT2D eigenvalue weighted by Crippen LogP contribution is 2.27. The number of fused-ring (bicyclic) bond motifs is 1. The van der Waals surface area contributed by atoms with Gasteiger partial charge in [-0.2, -0.15) is 0 Å². The number of aromatic amines is 1. The van der Waals surface area contributed by atoms with Crippen molar-refractivity contribution in [1.82, 2.24) is 9.88 Å². The molecular weight excluding hydrogens is 362 g/mol. The van der Waals surface area contributed by atoms with E-state index in [0.29, 0.717) is 18.8 Å². The smallest absolute Gasteiger partial charge is 0.270 e. The van der Waals surface area contributed by atoms with Crippen LogP contribution in [0.4, 0.5) is 5.69 Å². The van der Waals surface area contributed by atoms with Crippen LogP contribution in [0.2, 0.25) is 0 Å². The first-order valence-electron chi connectivity index (χ1n) is 10.2. The summed E-state index contributed by atoms with van der Waals surface area (Å²) in [5.41, 5.74) is 6.05. The second kappa shape index (κ2) is 7.74. The molecule has 0 saturated carbocycles. The molecular formula is C24H27N3O2. The number of rotatable bonds is 4. The number of para-hydroxylation sites is 1. The van der Waals surface area contributed by atoms with Crippen molar-refractivity contribution in [3.8, 4) is 0 Å². The first kappa shape index (κ1) is 19.2. The van der Waals surface area contributed by atoms with Gasteiger partial charge < -0.3 is 14.8 Å². The van der Waals surface area contributed by atoms with E-state index in [4.69, 9.17) is 0 Å². The largest absolute Gasteiger partial charge is 0.350 e. The predicted octanol–water partition coefficient (Wildman–Crippen LogP) is 4.36. The maximum Gasteiger partial charge on any atom is 0.270 e. The van der Waals surface area contributed by atoms with Gasteiger partial charge in [-0.3, -0.25) is 9.59 Å². The third kappa shape index (κ3) is 3.65. The van der Waals surface area contributed by atoms with E-state index in [1.807, 2.05) is 47.1 Å². The van der Waals surface area contributed by atoms with Crippen LogP contribution in [-0.2, 0) is 4.79 Å². The van der Waals surface area contributed by atoms with Gasteiger partial charge >= 0.3 is 0 Å². The molecule has 5 nitrogen and oxygen atoms in total. The van der Waals surface area contributed by atoms with Crippen LogP contribution >= 0.6 is 0 Å². The maximum atomic E-state index is 13.0. The number of carbonyl (C=O) groups excluding carboxylic acids is 2. The lowest BCUT2D eigenvalue weighted by molar-refractivity contribution is -0.108. The Bertz CT molecular complexity index is 1060. The molecule has 2 aromatic carbocycles. The van der Waals surface area contributed by atoms with E-state index in [9.17, 15) is 9.59 Å². The fourth-order valence-corrected chi connectivity index (χ4v) is 4.44. The summed E-state index contributed by atoms with van der Waals surface area (Å²) >= 11 is 0. The lowest BCUT2D eigenvalue weighted by Crippen LogP contribution is -2.46. The average molecular weight is 389 g/mol. The Hall–Kier alpha value is -3.08.